The Labute approximate surface area is 81.6 Å². The van der Waals surface area contributed by atoms with Gasteiger partial charge in [0.25, 0.3) is 0 Å². The second-order valence-corrected chi connectivity index (χ2v) is 2.81. The van der Waals surface area contributed by atoms with Crippen LogP contribution in [-0.2, 0) is 10.6 Å². The smallest absolute Gasteiger partial charge is 0.374 e. The Morgan fingerprint density at radius 3 is 2.85 bits per heavy atom. The number of hydrogen-bond acceptors (Lipinski definition) is 3. The predicted octanol–water partition coefficient (Wildman–Crippen LogP) is 2.50. The van der Waals surface area contributed by atoms with Crippen LogP contribution in [0.3, 0.4) is 0 Å². The molecule has 0 aliphatic carbocycles. The Morgan fingerprint density at radius 1 is 1.69 bits per heavy atom. The highest BCUT2D eigenvalue weighted by Gasteiger charge is 2.14. The van der Waals surface area contributed by atoms with Gasteiger partial charge >= 0.3 is 5.97 Å². The van der Waals surface area contributed by atoms with Crippen LogP contribution in [0.15, 0.2) is 10.5 Å². The summed E-state index contributed by atoms with van der Waals surface area (Å²) in [5, 5.41) is 0. The first kappa shape index (κ1) is 10.1. The van der Waals surface area contributed by atoms with Crippen LogP contribution in [0.25, 0.3) is 0 Å². The van der Waals surface area contributed by atoms with E-state index in [4.69, 9.17) is 20.8 Å². The second kappa shape index (κ2) is 4.33. The summed E-state index contributed by atoms with van der Waals surface area (Å²) in [7, 11) is 0. The van der Waals surface area contributed by atoms with Gasteiger partial charge in [0.2, 0.25) is 5.76 Å². The number of carbonyl (C=O) groups excluding carboxylic acids is 1. The summed E-state index contributed by atoms with van der Waals surface area (Å²) in [6.07, 6.45) is 0. The number of carbonyl (C=O) groups is 1. The van der Waals surface area contributed by atoms with Crippen LogP contribution in [-0.4, -0.2) is 12.6 Å². The summed E-state index contributed by atoms with van der Waals surface area (Å²) in [6, 6.07) is 1.61. The second-order valence-electron chi connectivity index (χ2n) is 2.55. The molecule has 1 heterocycles. The number of halogens is 1. The van der Waals surface area contributed by atoms with Crippen molar-refractivity contribution >= 4 is 17.6 Å². The summed E-state index contributed by atoms with van der Waals surface area (Å²) < 4.78 is 9.93. The molecule has 1 aromatic heterocycles. The van der Waals surface area contributed by atoms with E-state index in [-0.39, 0.29) is 5.76 Å². The number of aryl methyl sites for hydroxylation is 1. The van der Waals surface area contributed by atoms with Gasteiger partial charge in [-0.1, -0.05) is 0 Å². The van der Waals surface area contributed by atoms with Crippen LogP contribution in [0.2, 0.25) is 0 Å². The van der Waals surface area contributed by atoms with Crippen LogP contribution >= 0.6 is 11.6 Å². The molecule has 0 spiro atoms. The number of furan rings is 1. The van der Waals surface area contributed by atoms with Crippen molar-refractivity contribution in [3.8, 4) is 0 Å². The van der Waals surface area contributed by atoms with Gasteiger partial charge in [-0.25, -0.2) is 4.79 Å². The standard InChI is InChI=1S/C9H11ClO3/c1-3-12-9(11)8-4-7(5-10)6(2)13-8/h4H,3,5H2,1-2H3. The average Bonchev–Trinajstić information content (AvgIpc) is 2.47. The Morgan fingerprint density at radius 2 is 2.38 bits per heavy atom. The number of rotatable bonds is 3. The molecule has 0 unspecified atom stereocenters. The normalized spacial score (nSPS) is 10.1. The van der Waals surface area contributed by atoms with Crippen molar-refractivity contribution < 1.29 is 13.9 Å². The SMILES string of the molecule is CCOC(=O)c1cc(CCl)c(C)o1. The lowest BCUT2D eigenvalue weighted by Crippen LogP contribution is -2.02. The molecule has 72 valence electrons. The topological polar surface area (TPSA) is 39.4 Å². The van der Waals surface area contributed by atoms with E-state index >= 15 is 0 Å². The quantitative estimate of drug-likeness (QED) is 0.559. The van der Waals surface area contributed by atoms with E-state index in [9.17, 15) is 4.79 Å². The number of ether oxygens (including phenoxy) is 1. The molecule has 0 N–H and O–H groups in total. The molecular formula is C9H11ClO3. The summed E-state index contributed by atoms with van der Waals surface area (Å²) in [6.45, 7) is 3.85. The molecule has 0 saturated carbocycles. The summed E-state index contributed by atoms with van der Waals surface area (Å²) in [5.74, 6) is 0.782. The zero-order chi connectivity index (χ0) is 9.84. The lowest BCUT2D eigenvalue weighted by Gasteiger charge is -1.95. The minimum Gasteiger partial charge on any atom is -0.460 e. The van der Waals surface area contributed by atoms with Gasteiger partial charge in [-0.3, -0.25) is 0 Å². The van der Waals surface area contributed by atoms with Crippen molar-refractivity contribution in [2.45, 2.75) is 19.7 Å². The summed E-state index contributed by atoms with van der Waals surface area (Å²) >= 11 is 5.62. The maximum absolute atomic E-state index is 11.2. The zero-order valence-electron chi connectivity index (χ0n) is 7.59. The minimum absolute atomic E-state index is 0.218. The van der Waals surface area contributed by atoms with Gasteiger partial charge in [0, 0.05) is 5.56 Å². The maximum Gasteiger partial charge on any atom is 0.374 e. The Bertz CT molecular complexity index is 304. The first-order chi connectivity index (χ1) is 6.19. The van der Waals surface area contributed by atoms with E-state index < -0.39 is 5.97 Å². The Kier molecular flexibility index (Phi) is 3.37. The molecule has 0 bridgehead atoms. The maximum atomic E-state index is 11.2. The molecule has 0 fully saturated rings. The first-order valence-corrected chi connectivity index (χ1v) is 4.54. The Hall–Kier alpha value is -0.960. The van der Waals surface area contributed by atoms with Gasteiger partial charge < -0.3 is 9.15 Å². The molecule has 13 heavy (non-hydrogen) atoms. The molecule has 0 aliphatic heterocycles. The lowest BCUT2D eigenvalue weighted by molar-refractivity contribution is 0.0488. The van der Waals surface area contributed by atoms with Crippen LogP contribution in [0.5, 0.6) is 0 Å². The van der Waals surface area contributed by atoms with Crippen molar-refractivity contribution in [1.29, 1.82) is 0 Å². The fraction of sp³-hybridized carbons (Fsp3) is 0.444. The third-order valence-corrected chi connectivity index (χ3v) is 1.93. The molecule has 1 aromatic rings. The number of alkyl halides is 1. The van der Waals surface area contributed by atoms with Gasteiger partial charge in [0.05, 0.1) is 12.5 Å². The minimum atomic E-state index is -0.443. The van der Waals surface area contributed by atoms with E-state index in [0.717, 1.165) is 5.56 Å². The molecule has 0 saturated heterocycles. The highest BCUT2D eigenvalue weighted by molar-refractivity contribution is 6.17. The molecule has 0 amide bonds. The molecular weight excluding hydrogens is 192 g/mol. The van der Waals surface area contributed by atoms with Crippen molar-refractivity contribution in [2.24, 2.45) is 0 Å². The molecule has 0 radical (unpaired) electrons. The lowest BCUT2D eigenvalue weighted by atomic mass is 10.3. The van der Waals surface area contributed by atoms with E-state index in [2.05, 4.69) is 0 Å². The third-order valence-electron chi connectivity index (χ3n) is 1.64. The molecule has 0 aliphatic rings. The summed E-state index contributed by atoms with van der Waals surface area (Å²) in [4.78, 5) is 11.2. The van der Waals surface area contributed by atoms with Crippen LogP contribution < -0.4 is 0 Å². The van der Waals surface area contributed by atoms with Gasteiger partial charge in [0.15, 0.2) is 0 Å². The van der Waals surface area contributed by atoms with Crippen LogP contribution in [0, 0.1) is 6.92 Å². The van der Waals surface area contributed by atoms with Crippen LogP contribution in [0.1, 0.15) is 28.8 Å². The fourth-order valence-electron chi connectivity index (χ4n) is 0.955. The van der Waals surface area contributed by atoms with Crippen molar-refractivity contribution in [2.75, 3.05) is 6.61 Å². The Balaban J connectivity index is 2.84. The van der Waals surface area contributed by atoms with Crippen LogP contribution in [0.4, 0.5) is 0 Å². The third kappa shape index (κ3) is 2.25. The number of esters is 1. The number of hydrogen-bond donors (Lipinski definition) is 0. The first-order valence-electron chi connectivity index (χ1n) is 4.01. The van der Waals surface area contributed by atoms with Gasteiger partial charge in [-0.15, -0.1) is 11.6 Å². The monoisotopic (exact) mass is 202 g/mol. The highest BCUT2D eigenvalue weighted by atomic mass is 35.5. The average molecular weight is 203 g/mol. The molecule has 3 nitrogen and oxygen atoms in total. The fourth-order valence-corrected chi connectivity index (χ4v) is 1.22. The van der Waals surface area contributed by atoms with E-state index in [1.54, 1.807) is 19.9 Å². The van der Waals surface area contributed by atoms with E-state index in [1.165, 1.54) is 0 Å². The van der Waals surface area contributed by atoms with Crippen molar-refractivity contribution in [1.82, 2.24) is 0 Å². The van der Waals surface area contributed by atoms with Gasteiger partial charge in [-0.2, -0.15) is 0 Å². The van der Waals surface area contributed by atoms with Crippen molar-refractivity contribution in [3.05, 3.63) is 23.2 Å². The van der Waals surface area contributed by atoms with E-state index in [1.807, 2.05) is 0 Å². The summed E-state index contributed by atoms with van der Waals surface area (Å²) in [5.41, 5.74) is 0.824. The zero-order valence-corrected chi connectivity index (χ0v) is 8.35. The predicted molar refractivity (Wildman–Crippen MR) is 49.0 cm³/mol. The largest absolute Gasteiger partial charge is 0.460 e. The molecule has 4 heteroatoms. The van der Waals surface area contributed by atoms with Crippen molar-refractivity contribution in [3.63, 3.8) is 0 Å². The molecule has 1 rings (SSSR count). The molecule has 0 aromatic carbocycles. The molecule has 0 atom stereocenters. The highest BCUT2D eigenvalue weighted by Crippen LogP contribution is 2.17. The van der Waals surface area contributed by atoms with E-state index in [0.29, 0.717) is 18.2 Å². The van der Waals surface area contributed by atoms with Gasteiger partial charge in [-0.05, 0) is 19.9 Å². The van der Waals surface area contributed by atoms with Gasteiger partial charge in [0.1, 0.15) is 5.76 Å².